The predicted molar refractivity (Wildman–Crippen MR) is 105 cm³/mol. The van der Waals surface area contributed by atoms with Crippen LogP contribution in [-0.4, -0.2) is 34.2 Å². The molecule has 0 atom stereocenters. The molecule has 2 N–H and O–H groups in total. The topological polar surface area (TPSA) is 76.0 Å². The van der Waals surface area contributed by atoms with Gasteiger partial charge >= 0.3 is 0 Å². The van der Waals surface area contributed by atoms with Crippen LogP contribution in [0.2, 0.25) is 0 Å². The molecule has 1 heterocycles. The van der Waals surface area contributed by atoms with Crippen molar-refractivity contribution >= 4 is 40.3 Å². The number of hydrogen-bond acceptors (Lipinski definition) is 4. The van der Waals surface area contributed by atoms with Crippen molar-refractivity contribution in [2.24, 2.45) is 0 Å². The fraction of sp³-hybridized carbons (Fsp3) is 0.211. The number of rotatable bonds is 6. The molecule has 2 aromatic carbocycles. The Morgan fingerprint density at radius 3 is 2.62 bits per heavy atom. The number of fused-ring (bicyclic) bond motifs is 1. The molecule has 2 amide bonds. The lowest BCUT2D eigenvalue weighted by molar-refractivity contribution is -0.113. The van der Waals surface area contributed by atoms with Gasteiger partial charge in [0.15, 0.2) is 5.16 Å². The van der Waals surface area contributed by atoms with E-state index in [9.17, 15) is 9.59 Å². The van der Waals surface area contributed by atoms with Crippen LogP contribution >= 0.6 is 11.8 Å². The molecule has 3 aromatic rings. The van der Waals surface area contributed by atoms with E-state index in [1.165, 1.54) is 11.8 Å². The van der Waals surface area contributed by atoms with Crippen molar-refractivity contribution in [2.45, 2.75) is 18.6 Å². The molecule has 1 aromatic heterocycles. The van der Waals surface area contributed by atoms with E-state index in [0.29, 0.717) is 11.3 Å². The van der Waals surface area contributed by atoms with Crippen LogP contribution in [0.1, 0.15) is 17.3 Å². The van der Waals surface area contributed by atoms with Crippen molar-refractivity contribution in [3.05, 3.63) is 54.1 Å². The van der Waals surface area contributed by atoms with Gasteiger partial charge in [-0.05, 0) is 31.2 Å². The SMILES string of the molecule is CCn1c(SCC(=O)Nc2ccccc2C(=O)NC)nc2ccccc21. The lowest BCUT2D eigenvalue weighted by atomic mass is 10.1. The molecule has 7 heteroatoms. The minimum atomic E-state index is -0.235. The average molecular weight is 368 g/mol. The van der Waals surface area contributed by atoms with Crippen LogP contribution in [0.4, 0.5) is 5.69 Å². The second-order valence-electron chi connectivity index (χ2n) is 5.59. The average Bonchev–Trinajstić information content (AvgIpc) is 3.03. The number of carbonyl (C=O) groups is 2. The summed E-state index contributed by atoms with van der Waals surface area (Å²) >= 11 is 1.38. The molecule has 0 aliphatic carbocycles. The van der Waals surface area contributed by atoms with Crippen molar-refractivity contribution in [2.75, 3.05) is 18.1 Å². The Kier molecular flexibility index (Phi) is 5.58. The number of para-hydroxylation sites is 3. The molecule has 6 nitrogen and oxygen atoms in total. The summed E-state index contributed by atoms with van der Waals surface area (Å²) in [5, 5.41) is 6.19. The smallest absolute Gasteiger partial charge is 0.253 e. The largest absolute Gasteiger partial charge is 0.355 e. The quantitative estimate of drug-likeness (QED) is 0.656. The van der Waals surface area contributed by atoms with Crippen LogP contribution in [0.15, 0.2) is 53.7 Å². The van der Waals surface area contributed by atoms with E-state index in [1.807, 2.05) is 24.3 Å². The van der Waals surface area contributed by atoms with Gasteiger partial charge < -0.3 is 15.2 Å². The number of hydrogen-bond donors (Lipinski definition) is 2. The number of amides is 2. The molecule has 0 radical (unpaired) electrons. The Hall–Kier alpha value is -2.80. The second kappa shape index (κ2) is 8.05. The maximum atomic E-state index is 12.4. The summed E-state index contributed by atoms with van der Waals surface area (Å²) in [6.45, 7) is 2.84. The lowest BCUT2D eigenvalue weighted by Gasteiger charge is -2.10. The number of benzene rings is 2. The van der Waals surface area contributed by atoms with Gasteiger partial charge in [0, 0.05) is 13.6 Å². The van der Waals surface area contributed by atoms with Crippen LogP contribution in [0.5, 0.6) is 0 Å². The van der Waals surface area contributed by atoms with Crippen LogP contribution in [0.25, 0.3) is 11.0 Å². The van der Waals surface area contributed by atoms with Gasteiger partial charge in [0.2, 0.25) is 5.91 Å². The van der Waals surface area contributed by atoms with Gasteiger partial charge in [0.1, 0.15) is 0 Å². The zero-order valence-electron chi connectivity index (χ0n) is 14.7. The zero-order chi connectivity index (χ0) is 18.5. The fourth-order valence-electron chi connectivity index (χ4n) is 2.71. The number of nitrogens with zero attached hydrogens (tertiary/aromatic N) is 2. The molecular weight excluding hydrogens is 348 g/mol. The molecule has 0 spiro atoms. The molecule has 0 fully saturated rings. The van der Waals surface area contributed by atoms with Crippen LogP contribution < -0.4 is 10.6 Å². The van der Waals surface area contributed by atoms with Crippen LogP contribution in [0, 0.1) is 0 Å². The number of nitrogens with one attached hydrogen (secondary N) is 2. The summed E-state index contributed by atoms with van der Waals surface area (Å²) in [5.74, 6) is -0.201. The number of imidazole rings is 1. The van der Waals surface area contributed by atoms with E-state index in [2.05, 4.69) is 27.1 Å². The number of aromatic nitrogens is 2. The molecule has 3 rings (SSSR count). The third-order valence-corrected chi connectivity index (χ3v) is 4.92. The Morgan fingerprint density at radius 2 is 1.85 bits per heavy atom. The van der Waals surface area contributed by atoms with Crippen molar-refractivity contribution in [3.8, 4) is 0 Å². The molecule has 0 saturated carbocycles. The molecule has 0 aliphatic heterocycles. The second-order valence-corrected chi connectivity index (χ2v) is 6.53. The predicted octanol–water partition coefficient (Wildman–Crippen LogP) is 3.15. The van der Waals surface area contributed by atoms with E-state index < -0.39 is 0 Å². The van der Waals surface area contributed by atoms with Gasteiger partial charge in [-0.3, -0.25) is 9.59 Å². The first kappa shape index (κ1) is 18.0. The van der Waals surface area contributed by atoms with Crippen LogP contribution in [-0.2, 0) is 11.3 Å². The minimum Gasteiger partial charge on any atom is -0.355 e. The third kappa shape index (κ3) is 3.72. The fourth-order valence-corrected chi connectivity index (χ4v) is 3.59. The number of carbonyl (C=O) groups excluding carboxylic acids is 2. The number of thioether (sulfide) groups is 1. The van der Waals surface area contributed by atoms with E-state index in [4.69, 9.17) is 0 Å². The maximum absolute atomic E-state index is 12.4. The highest BCUT2D eigenvalue weighted by molar-refractivity contribution is 7.99. The van der Waals surface area contributed by atoms with Gasteiger partial charge in [-0.15, -0.1) is 0 Å². The van der Waals surface area contributed by atoms with Gasteiger partial charge in [0.05, 0.1) is 28.0 Å². The van der Waals surface area contributed by atoms with E-state index in [-0.39, 0.29) is 17.6 Å². The first-order chi connectivity index (χ1) is 12.6. The highest BCUT2D eigenvalue weighted by atomic mass is 32.2. The van der Waals surface area contributed by atoms with Gasteiger partial charge in [-0.1, -0.05) is 36.0 Å². The van der Waals surface area contributed by atoms with E-state index in [1.54, 1.807) is 31.3 Å². The van der Waals surface area contributed by atoms with Gasteiger partial charge in [0.25, 0.3) is 5.91 Å². The highest BCUT2D eigenvalue weighted by Gasteiger charge is 2.14. The normalized spacial score (nSPS) is 10.7. The zero-order valence-corrected chi connectivity index (χ0v) is 15.5. The minimum absolute atomic E-state index is 0.180. The molecule has 0 bridgehead atoms. The first-order valence-electron chi connectivity index (χ1n) is 8.33. The number of aryl methyl sites for hydroxylation is 1. The first-order valence-corrected chi connectivity index (χ1v) is 9.31. The molecule has 0 unspecified atom stereocenters. The van der Waals surface area contributed by atoms with Crippen molar-refractivity contribution in [3.63, 3.8) is 0 Å². The molecule has 0 saturated heterocycles. The van der Waals surface area contributed by atoms with Gasteiger partial charge in [-0.2, -0.15) is 0 Å². The van der Waals surface area contributed by atoms with E-state index >= 15 is 0 Å². The highest BCUT2D eigenvalue weighted by Crippen LogP contribution is 2.24. The summed E-state index contributed by atoms with van der Waals surface area (Å²) in [5.41, 5.74) is 2.92. The summed E-state index contributed by atoms with van der Waals surface area (Å²) in [6.07, 6.45) is 0. The summed E-state index contributed by atoms with van der Waals surface area (Å²) in [7, 11) is 1.56. The van der Waals surface area contributed by atoms with Crippen molar-refractivity contribution in [1.82, 2.24) is 14.9 Å². The molecule has 26 heavy (non-hydrogen) atoms. The Labute approximate surface area is 156 Å². The Morgan fingerprint density at radius 1 is 1.12 bits per heavy atom. The third-order valence-electron chi connectivity index (χ3n) is 3.94. The van der Waals surface area contributed by atoms with Gasteiger partial charge in [-0.25, -0.2) is 4.98 Å². The molecule has 0 aliphatic rings. The van der Waals surface area contributed by atoms with Crippen LogP contribution in [0.3, 0.4) is 0 Å². The Bertz CT molecular complexity index is 952. The summed E-state index contributed by atoms with van der Waals surface area (Å²) < 4.78 is 2.09. The standard InChI is InChI=1S/C19H20N4O2S/c1-3-23-16-11-7-6-10-15(16)22-19(23)26-12-17(24)21-14-9-5-4-8-13(14)18(25)20-2/h4-11H,3,12H2,1-2H3,(H,20,25)(H,21,24). The molecular formula is C19H20N4O2S. The molecule has 134 valence electrons. The lowest BCUT2D eigenvalue weighted by Crippen LogP contribution is -2.22. The maximum Gasteiger partial charge on any atom is 0.253 e. The number of anilines is 1. The van der Waals surface area contributed by atoms with E-state index in [0.717, 1.165) is 22.7 Å². The summed E-state index contributed by atoms with van der Waals surface area (Å²) in [6, 6.07) is 14.9. The van der Waals surface area contributed by atoms with Crippen molar-refractivity contribution < 1.29 is 9.59 Å². The van der Waals surface area contributed by atoms with Crippen molar-refractivity contribution in [1.29, 1.82) is 0 Å². The summed E-state index contributed by atoms with van der Waals surface area (Å²) in [4.78, 5) is 28.9. The monoisotopic (exact) mass is 368 g/mol. The Balaban J connectivity index is 1.72.